The van der Waals surface area contributed by atoms with Crippen LogP contribution in [0.2, 0.25) is 0 Å². The molecule has 0 bridgehead atoms. The second kappa shape index (κ2) is 5.85. The molecule has 0 amide bonds. The van der Waals surface area contributed by atoms with Crippen LogP contribution in [0.4, 0.5) is 4.39 Å². The van der Waals surface area contributed by atoms with Gasteiger partial charge in [0.25, 0.3) is 0 Å². The summed E-state index contributed by atoms with van der Waals surface area (Å²) >= 11 is 19.6. The van der Waals surface area contributed by atoms with Crippen molar-refractivity contribution in [2.24, 2.45) is 0 Å². The SMILES string of the molecule is FCCC(Br)[CH]CC(Cl)(Cl)Cl. The van der Waals surface area contributed by atoms with Crippen molar-refractivity contribution in [2.45, 2.75) is 21.5 Å². The molecule has 0 spiro atoms. The molecule has 0 saturated heterocycles. The van der Waals surface area contributed by atoms with Crippen LogP contribution in [0.25, 0.3) is 0 Å². The minimum Gasteiger partial charge on any atom is -0.251 e. The van der Waals surface area contributed by atoms with Gasteiger partial charge in [-0.25, -0.2) is 0 Å². The number of hydrogen-bond donors (Lipinski definition) is 0. The van der Waals surface area contributed by atoms with Crippen LogP contribution in [0.3, 0.4) is 0 Å². The van der Waals surface area contributed by atoms with Gasteiger partial charge < -0.3 is 0 Å². The predicted molar refractivity (Wildman–Crippen MR) is 52.5 cm³/mol. The van der Waals surface area contributed by atoms with Crippen LogP contribution in [0.5, 0.6) is 0 Å². The first-order chi connectivity index (χ1) is 4.95. The van der Waals surface area contributed by atoms with Crippen molar-refractivity contribution in [1.29, 1.82) is 0 Å². The minimum atomic E-state index is -1.26. The zero-order valence-electron chi connectivity index (χ0n) is 5.67. The molecule has 0 nitrogen and oxygen atoms in total. The molecule has 0 N–H and O–H groups in total. The highest BCUT2D eigenvalue weighted by atomic mass is 79.9. The molecule has 0 saturated carbocycles. The Morgan fingerprint density at radius 3 is 2.36 bits per heavy atom. The summed E-state index contributed by atoms with van der Waals surface area (Å²) in [5, 5.41) is 0. The van der Waals surface area contributed by atoms with Crippen LogP contribution in [-0.2, 0) is 0 Å². The average molecular weight is 285 g/mol. The fourth-order valence-corrected chi connectivity index (χ4v) is 1.11. The monoisotopic (exact) mass is 283 g/mol. The highest BCUT2D eigenvalue weighted by Gasteiger charge is 2.20. The fourth-order valence-electron chi connectivity index (χ4n) is 0.484. The number of alkyl halides is 5. The summed E-state index contributed by atoms with van der Waals surface area (Å²) in [6.07, 6.45) is 2.49. The molecule has 11 heavy (non-hydrogen) atoms. The van der Waals surface area contributed by atoms with Crippen LogP contribution in [0.15, 0.2) is 0 Å². The third-order valence-electron chi connectivity index (χ3n) is 0.990. The van der Waals surface area contributed by atoms with E-state index in [9.17, 15) is 4.39 Å². The summed E-state index contributed by atoms with van der Waals surface area (Å²) in [6, 6.07) is 0. The van der Waals surface area contributed by atoms with Gasteiger partial charge in [-0.2, -0.15) is 0 Å². The molecule has 5 heteroatoms. The van der Waals surface area contributed by atoms with Crippen molar-refractivity contribution in [3.63, 3.8) is 0 Å². The van der Waals surface area contributed by atoms with Crippen LogP contribution < -0.4 is 0 Å². The van der Waals surface area contributed by atoms with Crippen LogP contribution in [0.1, 0.15) is 12.8 Å². The van der Waals surface area contributed by atoms with E-state index in [0.29, 0.717) is 12.8 Å². The molecule has 0 aromatic rings. The van der Waals surface area contributed by atoms with E-state index >= 15 is 0 Å². The Balaban J connectivity index is 3.38. The van der Waals surface area contributed by atoms with Gasteiger partial charge in [-0.05, 0) is 19.3 Å². The third kappa shape index (κ3) is 9.19. The number of hydrogen-bond acceptors (Lipinski definition) is 0. The molecule has 67 valence electrons. The molecule has 0 heterocycles. The van der Waals surface area contributed by atoms with Gasteiger partial charge in [0.15, 0.2) is 3.79 Å². The van der Waals surface area contributed by atoms with Crippen molar-refractivity contribution >= 4 is 50.7 Å². The molecule has 1 unspecified atom stereocenters. The topological polar surface area (TPSA) is 0 Å². The molecule has 0 rings (SSSR count). The first-order valence-corrected chi connectivity index (χ1v) is 5.11. The fraction of sp³-hybridized carbons (Fsp3) is 0.833. The quantitative estimate of drug-likeness (QED) is 0.683. The highest BCUT2D eigenvalue weighted by molar-refractivity contribution is 9.09. The summed E-state index contributed by atoms with van der Waals surface area (Å²) in [7, 11) is 0. The third-order valence-corrected chi connectivity index (χ3v) is 2.28. The zero-order chi connectivity index (χ0) is 8.91. The maximum absolute atomic E-state index is 11.7. The van der Waals surface area contributed by atoms with Crippen molar-refractivity contribution in [3.8, 4) is 0 Å². The van der Waals surface area contributed by atoms with Crippen molar-refractivity contribution in [1.82, 2.24) is 0 Å². The summed E-state index contributed by atoms with van der Waals surface area (Å²) in [4.78, 5) is -0.0110. The average Bonchev–Trinajstić information content (AvgIpc) is 1.83. The van der Waals surface area contributed by atoms with E-state index in [-0.39, 0.29) is 11.5 Å². The van der Waals surface area contributed by atoms with Gasteiger partial charge in [0.2, 0.25) is 0 Å². The van der Waals surface area contributed by atoms with Crippen LogP contribution in [0, 0.1) is 6.42 Å². The lowest BCUT2D eigenvalue weighted by Gasteiger charge is -2.12. The Morgan fingerprint density at radius 1 is 1.45 bits per heavy atom. The summed E-state index contributed by atoms with van der Waals surface area (Å²) < 4.78 is 10.5. The zero-order valence-corrected chi connectivity index (χ0v) is 9.52. The molecular weight excluding hydrogens is 277 g/mol. The Bertz CT molecular complexity index is 104. The molecule has 0 aliphatic carbocycles. The molecule has 1 atom stereocenters. The first kappa shape index (κ1) is 12.3. The van der Waals surface area contributed by atoms with Gasteiger partial charge in [0, 0.05) is 4.83 Å². The molecule has 0 aliphatic rings. The van der Waals surface area contributed by atoms with Crippen LogP contribution in [-0.4, -0.2) is 15.3 Å². The molecular formula is C6H8BrCl3F. The maximum Gasteiger partial charge on any atom is 0.190 e. The lowest BCUT2D eigenvalue weighted by Crippen LogP contribution is -2.08. The molecule has 0 fully saturated rings. The number of rotatable bonds is 4. The molecule has 0 aromatic carbocycles. The van der Waals surface area contributed by atoms with Crippen molar-refractivity contribution in [2.75, 3.05) is 6.67 Å². The Labute approximate surface area is 89.5 Å². The lowest BCUT2D eigenvalue weighted by atomic mass is 10.2. The Morgan fingerprint density at radius 2 is 2.00 bits per heavy atom. The summed E-state index contributed by atoms with van der Waals surface area (Å²) in [6.45, 7) is -0.369. The van der Waals surface area contributed by atoms with Gasteiger partial charge >= 0.3 is 0 Å². The second-order valence-electron chi connectivity index (χ2n) is 2.05. The lowest BCUT2D eigenvalue weighted by molar-refractivity contribution is 0.475. The van der Waals surface area contributed by atoms with E-state index in [1.54, 1.807) is 6.42 Å². The van der Waals surface area contributed by atoms with Crippen molar-refractivity contribution in [3.05, 3.63) is 6.42 Å². The van der Waals surface area contributed by atoms with Crippen LogP contribution >= 0.6 is 50.7 Å². The first-order valence-electron chi connectivity index (χ1n) is 3.06. The van der Waals surface area contributed by atoms with E-state index in [0.717, 1.165) is 0 Å². The summed E-state index contributed by atoms with van der Waals surface area (Å²) in [5.74, 6) is 0. The predicted octanol–water partition coefficient (Wildman–Crippen LogP) is 4.07. The van der Waals surface area contributed by atoms with E-state index in [1.807, 2.05) is 0 Å². The molecule has 0 aromatic heterocycles. The summed E-state index contributed by atoms with van der Waals surface area (Å²) in [5.41, 5.74) is 0. The largest absolute Gasteiger partial charge is 0.251 e. The van der Waals surface area contributed by atoms with Gasteiger partial charge in [0.1, 0.15) is 0 Å². The standard InChI is InChI=1S/C6H8BrCl3F/c7-5(2-4-11)1-3-6(8,9)10/h1,5H,2-4H2. The van der Waals surface area contributed by atoms with Gasteiger partial charge in [0.05, 0.1) is 6.67 Å². The normalized spacial score (nSPS) is 15.0. The van der Waals surface area contributed by atoms with E-state index < -0.39 is 3.79 Å². The Kier molecular flexibility index (Phi) is 6.53. The molecule has 0 aliphatic heterocycles. The van der Waals surface area contributed by atoms with E-state index in [1.165, 1.54) is 0 Å². The van der Waals surface area contributed by atoms with Gasteiger partial charge in [-0.3, -0.25) is 4.39 Å². The second-order valence-corrected chi connectivity index (χ2v) is 5.74. The van der Waals surface area contributed by atoms with E-state index in [4.69, 9.17) is 34.8 Å². The van der Waals surface area contributed by atoms with E-state index in [2.05, 4.69) is 15.9 Å². The smallest absolute Gasteiger partial charge is 0.190 e. The maximum atomic E-state index is 11.7. The van der Waals surface area contributed by atoms with Gasteiger partial charge in [-0.1, -0.05) is 50.7 Å². The van der Waals surface area contributed by atoms with Crippen molar-refractivity contribution < 1.29 is 4.39 Å². The number of halogens is 5. The highest BCUT2D eigenvalue weighted by Crippen LogP contribution is 2.32. The van der Waals surface area contributed by atoms with Gasteiger partial charge in [-0.15, -0.1) is 0 Å². The minimum absolute atomic E-state index is 0.0110. The molecule has 1 radical (unpaired) electrons. The Hall–Kier alpha value is 1.28.